The lowest BCUT2D eigenvalue weighted by Gasteiger charge is -2.09. The second-order valence-electron chi connectivity index (χ2n) is 1.97. The average Bonchev–Trinajstić information content (AvgIpc) is 2.07. The van der Waals surface area contributed by atoms with Crippen LogP contribution in [-0.2, 0) is 0 Å². The van der Waals surface area contributed by atoms with Gasteiger partial charge in [-0.15, -0.1) is 0 Å². The molecule has 0 atom stereocenters. The van der Waals surface area contributed by atoms with Gasteiger partial charge in [-0.05, 0) is 12.1 Å². The van der Waals surface area contributed by atoms with E-state index in [1.165, 1.54) is 5.01 Å². The average molecular weight is 148 g/mol. The van der Waals surface area contributed by atoms with Gasteiger partial charge in [-0.2, -0.15) is 0 Å². The Morgan fingerprint density at radius 2 is 2.18 bits per heavy atom. The Hall–Kier alpha value is -1.60. The number of hydrazine groups is 1. The van der Waals surface area contributed by atoms with E-state index in [4.69, 9.17) is 12.4 Å². The predicted molar refractivity (Wildman–Crippen MR) is 42.4 cm³/mol. The number of hydrogen-bond donors (Lipinski definition) is 1. The van der Waals surface area contributed by atoms with Gasteiger partial charge in [0.1, 0.15) is 0 Å². The van der Waals surface area contributed by atoms with Crippen LogP contribution in [0.15, 0.2) is 24.5 Å². The summed E-state index contributed by atoms with van der Waals surface area (Å²) in [5.41, 5.74) is 0.802. The van der Waals surface area contributed by atoms with E-state index in [1.807, 2.05) is 0 Å². The summed E-state index contributed by atoms with van der Waals surface area (Å²) in [7, 11) is 0. The molecular formula is C7H8N4. The zero-order valence-electron chi connectivity index (χ0n) is 5.94. The van der Waals surface area contributed by atoms with Crippen molar-refractivity contribution in [2.24, 2.45) is 5.84 Å². The second-order valence-corrected chi connectivity index (χ2v) is 1.97. The highest BCUT2D eigenvalue weighted by Crippen LogP contribution is 2.06. The lowest BCUT2D eigenvalue weighted by Crippen LogP contribution is -2.29. The van der Waals surface area contributed by atoms with E-state index < -0.39 is 0 Å². The fourth-order valence-corrected chi connectivity index (χ4v) is 0.693. The normalized spacial score (nSPS) is 8.73. The van der Waals surface area contributed by atoms with Gasteiger partial charge in [0.05, 0.1) is 5.69 Å². The number of pyridine rings is 1. The van der Waals surface area contributed by atoms with Crippen LogP contribution >= 0.6 is 0 Å². The zero-order chi connectivity index (χ0) is 8.10. The molecule has 1 aromatic heterocycles. The molecular weight excluding hydrogens is 140 g/mol. The fraction of sp³-hybridized carbons (Fsp3) is 0.143. The highest BCUT2D eigenvalue weighted by atomic mass is 15.4. The Morgan fingerprint density at radius 3 is 2.73 bits per heavy atom. The van der Waals surface area contributed by atoms with E-state index in [9.17, 15) is 0 Å². The van der Waals surface area contributed by atoms with E-state index in [-0.39, 0.29) is 6.67 Å². The van der Waals surface area contributed by atoms with Crippen molar-refractivity contribution in [3.05, 3.63) is 35.9 Å². The number of nitrogens with zero attached hydrogens (tertiary/aromatic N) is 3. The molecule has 2 N–H and O–H groups in total. The smallest absolute Gasteiger partial charge is 0.292 e. The van der Waals surface area contributed by atoms with Crippen molar-refractivity contribution in [2.75, 3.05) is 11.7 Å². The van der Waals surface area contributed by atoms with Crippen molar-refractivity contribution < 1.29 is 0 Å². The molecule has 0 radical (unpaired) electrons. The lowest BCUT2D eigenvalue weighted by atomic mass is 10.4. The summed E-state index contributed by atoms with van der Waals surface area (Å²) in [6.07, 6.45) is 3.28. The molecule has 0 aliphatic carbocycles. The molecule has 0 aromatic carbocycles. The Bertz CT molecular complexity index is 251. The van der Waals surface area contributed by atoms with Gasteiger partial charge in [-0.3, -0.25) is 9.83 Å². The van der Waals surface area contributed by atoms with Crippen LogP contribution < -0.4 is 10.9 Å². The first-order valence-electron chi connectivity index (χ1n) is 3.10. The van der Waals surface area contributed by atoms with Gasteiger partial charge in [-0.1, -0.05) is 0 Å². The van der Waals surface area contributed by atoms with E-state index in [2.05, 4.69) is 9.83 Å². The standard InChI is InChI=1S/C7H8N4/c1-9-6-11(8)7-2-4-10-5-3-7/h2-5H,6,8H2. The highest BCUT2D eigenvalue weighted by molar-refractivity contribution is 5.42. The van der Waals surface area contributed by atoms with Crippen molar-refractivity contribution in [3.63, 3.8) is 0 Å². The van der Waals surface area contributed by atoms with Gasteiger partial charge >= 0.3 is 6.67 Å². The maximum Gasteiger partial charge on any atom is 0.302 e. The molecule has 0 unspecified atom stereocenters. The van der Waals surface area contributed by atoms with Crippen molar-refractivity contribution in [2.45, 2.75) is 0 Å². The van der Waals surface area contributed by atoms with Crippen LogP contribution in [0, 0.1) is 6.57 Å². The minimum absolute atomic E-state index is 0.171. The minimum atomic E-state index is 0.171. The first-order valence-corrected chi connectivity index (χ1v) is 3.10. The van der Waals surface area contributed by atoms with Crippen LogP contribution in [0.4, 0.5) is 5.69 Å². The number of nitrogens with two attached hydrogens (primary N) is 1. The Kier molecular flexibility index (Phi) is 2.42. The molecule has 56 valence electrons. The number of hydrogen-bond acceptors (Lipinski definition) is 3. The molecule has 4 nitrogen and oxygen atoms in total. The van der Waals surface area contributed by atoms with Gasteiger partial charge in [0.25, 0.3) is 0 Å². The summed E-state index contributed by atoms with van der Waals surface area (Å²) in [5, 5.41) is 1.37. The predicted octanol–water partition coefficient (Wildman–Crippen LogP) is 0.638. The van der Waals surface area contributed by atoms with Crippen LogP contribution in [0.5, 0.6) is 0 Å². The number of anilines is 1. The topological polar surface area (TPSA) is 46.5 Å². The molecule has 0 aliphatic rings. The van der Waals surface area contributed by atoms with E-state index in [1.54, 1.807) is 24.5 Å². The molecule has 0 saturated heterocycles. The summed E-state index contributed by atoms with van der Waals surface area (Å²) in [4.78, 5) is 6.97. The Balaban J connectivity index is 2.70. The molecule has 0 saturated carbocycles. The van der Waals surface area contributed by atoms with Crippen LogP contribution in [0.2, 0.25) is 0 Å². The van der Waals surface area contributed by atoms with Crippen LogP contribution in [-0.4, -0.2) is 11.7 Å². The van der Waals surface area contributed by atoms with Crippen molar-refractivity contribution in [1.82, 2.24) is 4.98 Å². The molecule has 11 heavy (non-hydrogen) atoms. The SMILES string of the molecule is [C-]#[N+]CN(N)c1ccncc1. The molecule has 1 aromatic rings. The second kappa shape index (κ2) is 3.54. The molecule has 0 aliphatic heterocycles. The quantitative estimate of drug-likeness (QED) is 0.380. The third-order valence-corrected chi connectivity index (χ3v) is 1.22. The molecule has 0 spiro atoms. The maximum atomic E-state index is 6.57. The van der Waals surface area contributed by atoms with Crippen LogP contribution in [0.1, 0.15) is 0 Å². The van der Waals surface area contributed by atoms with Crippen LogP contribution in [0.25, 0.3) is 4.85 Å². The van der Waals surface area contributed by atoms with Gasteiger partial charge in [0.15, 0.2) is 0 Å². The summed E-state index contributed by atoms with van der Waals surface area (Å²) >= 11 is 0. The van der Waals surface area contributed by atoms with Crippen LogP contribution in [0.3, 0.4) is 0 Å². The minimum Gasteiger partial charge on any atom is -0.292 e. The van der Waals surface area contributed by atoms with Gasteiger partial charge in [0, 0.05) is 12.4 Å². The lowest BCUT2D eigenvalue weighted by molar-refractivity contribution is 0.934. The molecule has 0 fully saturated rings. The number of aromatic nitrogens is 1. The zero-order valence-corrected chi connectivity index (χ0v) is 5.94. The summed E-state index contributed by atoms with van der Waals surface area (Å²) in [5.74, 6) is 5.50. The summed E-state index contributed by atoms with van der Waals surface area (Å²) < 4.78 is 0. The molecule has 1 heterocycles. The molecule has 0 bridgehead atoms. The van der Waals surface area contributed by atoms with Gasteiger partial charge in [-0.25, -0.2) is 17.4 Å². The summed E-state index contributed by atoms with van der Waals surface area (Å²) in [6, 6.07) is 3.51. The van der Waals surface area contributed by atoms with Gasteiger partial charge < -0.3 is 0 Å². The molecule has 1 rings (SSSR count). The number of rotatable bonds is 2. The van der Waals surface area contributed by atoms with Crippen molar-refractivity contribution in [3.8, 4) is 0 Å². The first kappa shape index (κ1) is 7.51. The Morgan fingerprint density at radius 1 is 1.55 bits per heavy atom. The monoisotopic (exact) mass is 148 g/mol. The largest absolute Gasteiger partial charge is 0.302 e. The third kappa shape index (κ3) is 1.92. The van der Waals surface area contributed by atoms with E-state index in [0.717, 1.165) is 5.69 Å². The first-order chi connectivity index (χ1) is 5.34. The maximum absolute atomic E-state index is 6.57. The molecule has 0 amide bonds. The van der Waals surface area contributed by atoms with E-state index in [0.29, 0.717) is 0 Å². The highest BCUT2D eigenvalue weighted by Gasteiger charge is 1.99. The molecule has 4 heteroatoms. The van der Waals surface area contributed by atoms with Crippen molar-refractivity contribution in [1.29, 1.82) is 0 Å². The third-order valence-electron chi connectivity index (χ3n) is 1.22. The van der Waals surface area contributed by atoms with Gasteiger partial charge in [0.2, 0.25) is 0 Å². The Labute approximate surface area is 65.1 Å². The fourth-order valence-electron chi connectivity index (χ4n) is 0.693. The van der Waals surface area contributed by atoms with E-state index >= 15 is 0 Å². The van der Waals surface area contributed by atoms with Crippen molar-refractivity contribution >= 4 is 5.69 Å². The summed E-state index contributed by atoms with van der Waals surface area (Å²) in [6.45, 7) is 6.74.